The molecule has 1 aromatic heterocycles. The minimum absolute atomic E-state index is 0.0498. The van der Waals surface area contributed by atoms with Crippen molar-refractivity contribution in [1.29, 1.82) is 0 Å². The lowest BCUT2D eigenvalue weighted by Crippen LogP contribution is -2.07. The van der Waals surface area contributed by atoms with Crippen LogP contribution in [0.3, 0.4) is 0 Å². The first-order chi connectivity index (χ1) is 4.75. The normalized spacial score (nSPS) is 13.4. The van der Waals surface area contributed by atoms with E-state index in [1.54, 1.807) is 6.20 Å². The predicted molar refractivity (Wildman–Crippen MR) is 39.7 cm³/mol. The second-order valence-electron chi connectivity index (χ2n) is 2.31. The number of hydrogen-bond acceptors (Lipinski definition) is 2. The van der Waals surface area contributed by atoms with Crippen molar-refractivity contribution in [2.75, 3.05) is 0 Å². The number of aromatic hydroxyl groups is 1. The van der Waals surface area contributed by atoms with E-state index in [-0.39, 0.29) is 11.8 Å². The zero-order chi connectivity index (χ0) is 7.56. The summed E-state index contributed by atoms with van der Waals surface area (Å²) in [5.74, 6) is 0.259. The second-order valence-corrected chi connectivity index (χ2v) is 2.31. The molecule has 10 heavy (non-hydrogen) atoms. The van der Waals surface area contributed by atoms with Crippen LogP contribution in [-0.2, 0) is 0 Å². The summed E-state index contributed by atoms with van der Waals surface area (Å²) in [6.07, 6.45) is 4.10. The zero-order valence-corrected chi connectivity index (χ0v) is 5.96. The lowest BCUT2D eigenvalue weighted by atomic mass is 10.1. The van der Waals surface area contributed by atoms with Gasteiger partial charge in [-0.05, 0) is 6.42 Å². The maximum absolute atomic E-state index is 9.14. The van der Waals surface area contributed by atoms with E-state index in [0.29, 0.717) is 0 Å². The lowest BCUT2D eigenvalue weighted by molar-refractivity contribution is 0.462. The van der Waals surface area contributed by atoms with E-state index >= 15 is 0 Å². The molecule has 0 aliphatic heterocycles. The summed E-state index contributed by atoms with van der Waals surface area (Å²) in [4.78, 5) is 2.78. The molecule has 1 heterocycles. The largest absolute Gasteiger partial charge is 0.506 e. The van der Waals surface area contributed by atoms with E-state index in [4.69, 9.17) is 10.8 Å². The molecule has 0 saturated heterocycles. The fraction of sp³-hybridized carbons (Fsp3) is 0.429. The number of aromatic nitrogens is 1. The highest BCUT2D eigenvalue weighted by atomic mass is 16.3. The van der Waals surface area contributed by atoms with Crippen molar-refractivity contribution in [3.8, 4) is 5.75 Å². The Morgan fingerprint density at radius 1 is 1.70 bits per heavy atom. The van der Waals surface area contributed by atoms with Crippen molar-refractivity contribution in [3.63, 3.8) is 0 Å². The Balaban J connectivity index is 2.82. The Bertz CT molecular complexity index is 207. The topological polar surface area (TPSA) is 62.0 Å². The third-order valence-electron chi connectivity index (χ3n) is 1.59. The van der Waals surface area contributed by atoms with Gasteiger partial charge in [-0.15, -0.1) is 0 Å². The van der Waals surface area contributed by atoms with Crippen LogP contribution in [0.4, 0.5) is 0 Å². The van der Waals surface area contributed by atoms with Crippen molar-refractivity contribution < 1.29 is 5.11 Å². The molecule has 3 nitrogen and oxygen atoms in total. The van der Waals surface area contributed by atoms with Crippen molar-refractivity contribution in [2.24, 2.45) is 5.73 Å². The highest BCUT2D eigenvalue weighted by Crippen LogP contribution is 2.22. The Morgan fingerprint density at radius 2 is 2.40 bits per heavy atom. The molecule has 0 aromatic carbocycles. The SMILES string of the molecule is CCC(N)c1c[nH]cc1O. The van der Waals surface area contributed by atoms with Crippen molar-refractivity contribution in [2.45, 2.75) is 19.4 Å². The number of H-pyrrole nitrogens is 1. The van der Waals surface area contributed by atoms with Gasteiger partial charge in [0.1, 0.15) is 5.75 Å². The van der Waals surface area contributed by atoms with E-state index in [1.165, 1.54) is 6.20 Å². The van der Waals surface area contributed by atoms with Crippen molar-refractivity contribution in [3.05, 3.63) is 18.0 Å². The minimum Gasteiger partial charge on any atom is -0.506 e. The van der Waals surface area contributed by atoms with E-state index in [1.807, 2.05) is 6.92 Å². The first kappa shape index (κ1) is 7.15. The van der Waals surface area contributed by atoms with Gasteiger partial charge in [0, 0.05) is 24.0 Å². The van der Waals surface area contributed by atoms with Crippen molar-refractivity contribution in [1.82, 2.24) is 4.98 Å². The minimum atomic E-state index is -0.0498. The third-order valence-corrected chi connectivity index (χ3v) is 1.59. The summed E-state index contributed by atoms with van der Waals surface area (Å²) in [7, 11) is 0. The maximum Gasteiger partial charge on any atom is 0.137 e. The Morgan fingerprint density at radius 3 is 2.80 bits per heavy atom. The van der Waals surface area contributed by atoms with Gasteiger partial charge in [0.15, 0.2) is 0 Å². The van der Waals surface area contributed by atoms with E-state index in [2.05, 4.69) is 4.98 Å². The average Bonchev–Trinajstić information content (AvgIpc) is 2.34. The van der Waals surface area contributed by atoms with E-state index in [0.717, 1.165) is 12.0 Å². The fourth-order valence-corrected chi connectivity index (χ4v) is 0.885. The summed E-state index contributed by atoms with van der Waals surface area (Å²) in [6, 6.07) is -0.0498. The lowest BCUT2D eigenvalue weighted by Gasteiger charge is -2.05. The van der Waals surface area contributed by atoms with Crippen LogP contribution >= 0.6 is 0 Å². The number of rotatable bonds is 2. The van der Waals surface area contributed by atoms with Crippen LogP contribution in [0, 0.1) is 0 Å². The number of aromatic amines is 1. The van der Waals surface area contributed by atoms with Gasteiger partial charge in [0.05, 0.1) is 0 Å². The summed E-state index contributed by atoms with van der Waals surface area (Å²) < 4.78 is 0. The molecule has 0 aliphatic rings. The highest BCUT2D eigenvalue weighted by molar-refractivity contribution is 5.30. The van der Waals surface area contributed by atoms with Crippen LogP contribution in [-0.4, -0.2) is 10.1 Å². The van der Waals surface area contributed by atoms with Gasteiger partial charge in [0.25, 0.3) is 0 Å². The predicted octanol–water partition coefficient (Wildman–Crippen LogP) is 1.13. The fourth-order valence-electron chi connectivity index (χ4n) is 0.885. The molecule has 4 N–H and O–H groups in total. The smallest absolute Gasteiger partial charge is 0.137 e. The maximum atomic E-state index is 9.14. The Labute approximate surface area is 59.9 Å². The monoisotopic (exact) mass is 140 g/mol. The number of hydrogen-bond donors (Lipinski definition) is 3. The van der Waals surface area contributed by atoms with E-state index in [9.17, 15) is 0 Å². The van der Waals surface area contributed by atoms with Crippen LogP contribution in [0.5, 0.6) is 5.75 Å². The zero-order valence-electron chi connectivity index (χ0n) is 5.96. The van der Waals surface area contributed by atoms with Crippen LogP contribution in [0.2, 0.25) is 0 Å². The van der Waals surface area contributed by atoms with E-state index < -0.39 is 0 Å². The first-order valence-electron chi connectivity index (χ1n) is 3.37. The molecule has 1 unspecified atom stereocenters. The van der Waals surface area contributed by atoms with Crippen LogP contribution in [0.25, 0.3) is 0 Å². The van der Waals surface area contributed by atoms with Crippen LogP contribution in [0.15, 0.2) is 12.4 Å². The molecule has 56 valence electrons. The summed E-state index contributed by atoms with van der Waals surface area (Å²) in [5.41, 5.74) is 6.45. The molecule has 0 amide bonds. The van der Waals surface area contributed by atoms with Gasteiger partial charge in [-0.25, -0.2) is 0 Å². The van der Waals surface area contributed by atoms with Crippen LogP contribution in [0.1, 0.15) is 24.9 Å². The number of nitrogens with two attached hydrogens (primary N) is 1. The van der Waals surface area contributed by atoms with Gasteiger partial charge < -0.3 is 15.8 Å². The molecule has 0 fully saturated rings. The second kappa shape index (κ2) is 2.75. The Kier molecular flexibility index (Phi) is 1.97. The van der Waals surface area contributed by atoms with Gasteiger partial charge in [-0.3, -0.25) is 0 Å². The van der Waals surface area contributed by atoms with Gasteiger partial charge in [0.2, 0.25) is 0 Å². The molecular formula is C7H12N2O. The molecule has 0 saturated carbocycles. The molecule has 0 bridgehead atoms. The average molecular weight is 140 g/mol. The molecule has 1 rings (SSSR count). The summed E-state index contributed by atoms with van der Waals surface area (Å²) in [5, 5.41) is 9.14. The summed E-state index contributed by atoms with van der Waals surface area (Å²) >= 11 is 0. The molecule has 0 aliphatic carbocycles. The van der Waals surface area contributed by atoms with Crippen LogP contribution < -0.4 is 5.73 Å². The number of nitrogens with one attached hydrogen (secondary N) is 1. The van der Waals surface area contributed by atoms with Gasteiger partial charge >= 0.3 is 0 Å². The molecule has 1 aromatic rings. The first-order valence-corrected chi connectivity index (χ1v) is 3.37. The third kappa shape index (κ3) is 1.14. The standard InChI is InChI=1S/C7H12N2O/c1-2-6(8)5-3-9-4-7(5)10/h3-4,6,9-10H,2,8H2,1H3. The van der Waals surface area contributed by atoms with Crippen molar-refractivity contribution >= 4 is 0 Å². The molecule has 1 atom stereocenters. The molecule has 0 spiro atoms. The molecular weight excluding hydrogens is 128 g/mol. The summed E-state index contributed by atoms with van der Waals surface area (Å²) in [6.45, 7) is 1.98. The van der Waals surface area contributed by atoms with Gasteiger partial charge in [-0.1, -0.05) is 6.92 Å². The van der Waals surface area contributed by atoms with Gasteiger partial charge in [-0.2, -0.15) is 0 Å². The highest BCUT2D eigenvalue weighted by Gasteiger charge is 2.07. The quantitative estimate of drug-likeness (QED) is 0.576. The Hall–Kier alpha value is -0.960. The molecule has 0 radical (unpaired) electrons. The molecule has 3 heteroatoms.